The van der Waals surface area contributed by atoms with Crippen molar-refractivity contribution >= 4 is 53.3 Å². The first-order valence-corrected chi connectivity index (χ1v) is 13.2. The maximum atomic E-state index is 9.80. The Kier molecular flexibility index (Phi) is 6.92. The van der Waals surface area contributed by atoms with Gasteiger partial charge < -0.3 is 10.6 Å². The van der Waals surface area contributed by atoms with E-state index in [0.717, 1.165) is 12.8 Å². The zero-order valence-electron chi connectivity index (χ0n) is 21.8. The van der Waals surface area contributed by atoms with E-state index in [9.17, 15) is 10.5 Å². The maximum Gasteiger partial charge on any atom is 0.119 e. The molecule has 1 saturated carbocycles. The van der Waals surface area contributed by atoms with Crippen molar-refractivity contribution in [3.63, 3.8) is 0 Å². The Labute approximate surface area is 238 Å². The van der Waals surface area contributed by atoms with Gasteiger partial charge in [0.25, 0.3) is 0 Å². The van der Waals surface area contributed by atoms with Crippen molar-refractivity contribution in [2.75, 3.05) is 17.2 Å². The highest BCUT2D eigenvalue weighted by atomic mass is 35.5. The van der Waals surface area contributed by atoms with Gasteiger partial charge in [-0.15, -0.1) is 5.10 Å². The van der Waals surface area contributed by atoms with Crippen LogP contribution in [0.5, 0.6) is 0 Å². The summed E-state index contributed by atoms with van der Waals surface area (Å²) in [5.41, 5.74) is 1.79. The van der Waals surface area contributed by atoms with Crippen LogP contribution in [0.2, 0.25) is 10.0 Å². The highest BCUT2D eigenvalue weighted by Crippen LogP contribution is 2.40. The SMILES string of the molecule is [B]C(Nc1cc(Cl)c2ncc(C#N)c(NCC(C)(C)C)c2c1)(c1cn(C2CC2)nn1)c1cccc(C#N)c1Cl. The number of nitrogens with zero attached hydrogens (tertiary/aromatic N) is 6. The van der Waals surface area contributed by atoms with Crippen molar-refractivity contribution in [1.82, 2.24) is 20.0 Å². The van der Waals surface area contributed by atoms with Crippen molar-refractivity contribution in [3.05, 3.63) is 75.2 Å². The number of hydrogen-bond acceptors (Lipinski definition) is 7. The fourth-order valence-corrected chi connectivity index (χ4v) is 4.94. The predicted molar refractivity (Wildman–Crippen MR) is 154 cm³/mol. The Bertz CT molecular complexity index is 1660. The summed E-state index contributed by atoms with van der Waals surface area (Å²) < 4.78 is 1.80. The molecule has 11 heteroatoms. The molecule has 194 valence electrons. The third kappa shape index (κ3) is 5.25. The zero-order valence-corrected chi connectivity index (χ0v) is 23.3. The zero-order chi connectivity index (χ0) is 27.9. The highest BCUT2D eigenvalue weighted by Gasteiger charge is 2.36. The fourth-order valence-electron chi connectivity index (χ4n) is 4.36. The molecule has 1 atom stereocenters. The monoisotopic (exact) mass is 554 g/mol. The van der Waals surface area contributed by atoms with Crippen LogP contribution in [0.4, 0.5) is 11.4 Å². The second-order valence-corrected chi connectivity index (χ2v) is 11.7. The molecule has 0 bridgehead atoms. The molecule has 1 aliphatic carbocycles. The van der Waals surface area contributed by atoms with Crippen molar-refractivity contribution in [1.29, 1.82) is 10.5 Å². The number of hydrogen-bond donors (Lipinski definition) is 2. The number of rotatable bonds is 7. The molecule has 0 spiro atoms. The lowest BCUT2D eigenvalue weighted by Crippen LogP contribution is -2.38. The van der Waals surface area contributed by atoms with Crippen LogP contribution in [0.25, 0.3) is 10.9 Å². The number of nitriles is 2. The van der Waals surface area contributed by atoms with E-state index in [-0.39, 0.29) is 16.0 Å². The molecule has 1 fully saturated rings. The summed E-state index contributed by atoms with van der Waals surface area (Å²) >= 11 is 13.4. The van der Waals surface area contributed by atoms with Gasteiger partial charge >= 0.3 is 0 Å². The van der Waals surface area contributed by atoms with Gasteiger partial charge in [-0.25, -0.2) is 4.68 Å². The topological polar surface area (TPSA) is 115 Å². The summed E-state index contributed by atoms with van der Waals surface area (Å²) in [6.07, 6.45) is 5.37. The van der Waals surface area contributed by atoms with Gasteiger partial charge in [0, 0.05) is 23.8 Å². The van der Waals surface area contributed by atoms with Gasteiger partial charge in [0.15, 0.2) is 0 Å². The van der Waals surface area contributed by atoms with Gasteiger partial charge in [-0.05, 0) is 42.0 Å². The molecule has 2 N–H and O–H groups in total. The second kappa shape index (κ2) is 10.1. The van der Waals surface area contributed by atoms with Gasteiger partial charge in [0.1, 0.15) is 25.7 Å². The van der Waals surface area contributed by atoms with Gasteiger partial charge in [-0.1, -0.05) is 61.3 Å². The van der Waals surface area contributed by atoms with E-state index in [4.69, 9.17) is 31.0 Å². The number of benzene rings is 2. The molecule has 0 saturated heterocycles. The van der Waals surface area contributed by atoms with Crippen molar-refractivity contribution < 1.29 is 0 Å². The molecule has 2 aromatic carbocycles. The first-order chi connectivity index (χ1) is 18.5. The third-order valence-corrected chi connectivity index (χ3v) is 7.26. The number of anilines is 2. The Morgan fingerprint density at radius 3 is 2.54 bits per heavy atom. The molecule has 2 heterocycles. The summed E-state index contributed by atoms with van der Waals surface area (Å²) in [7, 11) is 7.09. The van der Waals surface area contributed by atoms with Crippen LogP contribution in [0.1, 0.15) is 62.0 Å². The summed E-state index contributed by atoms with van der Waals surface area (Å²) in [5.74, 6) is 0. The minimum atomic E-state index is -1.46. The number of aromatic nitrogens is 4. The minimum Gasteiger partial charge on any atom is -0.383 e. The summed E-state index contributed by atoms with van der Waals surface area (Å²) in [6.45, 7) is 6.93. The lowest BCUT2D eigenvalue weighted by Gasteiger charge is -2.32. The molecule has 0 amide bonds. The normalized spacial score (nSPS) is 14.8. The Morgan fingerprint density at radius 2 is 1.87 bits per heavy atom. The summed E-state index contributed by atoms with van der Waals surface area (Å²) in [4.78, 5) is 4.44. The molecule has 39 heavy (non-hydrogen) atoms. The molecule has 5 rings (SSSR count). The quantitative estimate of drug-likeness (QED) is 0.263. The van der Waals surface area contributed by atoms with Crippen LogP contribution in [0.3, 0.4) is 0 Å². The Morgan fingerprint density at radius 1 is 1.13 bits per heavy atom. The molecular formula is C28H25BCl2N8. The average molecular weight is 555 g/mol. The fraction of sp³-hybridized carbons (Fsp3) is 0.321. The highest BCUT2D eigenvalue weighted by molar-refractivity contribution is 6.36. The predicted octanol–water partition coefficient (Wildman–Crippen LogP) is 6.15. The second-order valence-electron chi connectivity index (χ2n) is 11.0. The van der Waals surface area contributed by atoms with Gasteiger partial charge in [-0.2, -0.15) is 10.5 Å². The van der Waals surface area contributed by atoms with Crippen molar-refractivity contribution in [2.24, 2.45) is 5.41 Å². The van der Waals surface area contributed by atoms with Crippen LogP contribution in [-0.2, 0) is 5.44 Å². The Hall–Kier alpha value is -3.79. The molecular weight excluding hydrogens is 530 g/mol. The van der Waals surface area contributed by atoms with E-state index in [1.807, 2.05) is 6.07 Å². The van der Waals surface area contributed by atoms with Crippen LogP contribution in [0.15, 0.2) is 42.7 Å². The Balaban J connectivity index is 1.67. The van der Waals surface area contributed by atoms with E-state index in [0.29, 0.717) is 56.7 Å². The van der Waals surface area contributed by atoms with Crippen LogP contribution >= 0.6 is 23.2 Å². The molecule has 4 aromatic rings. The van der Waals surface area contributed by atoms with Crippen LogP contribution in [0, 0.1) is 28.1 Å². The lowest BCUT2D eigenvalue weighted by molar-refractivity contribution is 0.443. The minimum absolute atomic E-state index is 0.0374. The lowest BCUT2D eigenvalue weighted by atomic mass is 9.69. The molecule has 0 aliphatic heterocycles. The average Bonchev–Trinajstić information content (AvgIpc) is 3.62. The maximum absolute atomic E-state index is 9.80. The van der Waals surface area contributed by atoms with E-state index in [1.54, 1.807) is 35.1 Å². The third-order valence-electron chi connectivity index (χ3n) is 6.56. The standard InChI is InChI=1S/C28H25BCl2N8/c1-27(2,3)15-35-25-17(12-33)13-34-26-20(25)9-18(10-22(26)30)36-28(29,21-6-4-5-16(11-32)24(21)31)23-14-39(38-37-23)19-7-8-19/h4-6,9-10,13-14,19,36H,7-8,15H2,1-3H3,(H,34,35). The molecule has 1 aliphatic rings. The van der Waals surface area contributed by atoms with E-state index >= 15 is 0 Å². The number of halogens is 2. The molecule has 2 radical (unpaired) electrons. The summed E-state index contributed by atoms with van der Waals surface area (Å²) in [5, 5.41) is 36.1. The number of nitrogens with one attached hydrogen (secondary N) is 2. The number of fused-ring (bicyclic) bond motifs is 1. The van der Waals surface area contributed by atoms with E-state index in [2.05, 4.69) is 58.8 Å². The summed E-state index contributed by atoms with van der Waals surface area (Å²) in [6, 6.07) is 13.3. The van der Waals surface area contributed by atoms with Crippen molar-refractivity contribution in [2.45, 2.75) is 45.1 Å². The van der Waals surface area contributed by atoms with E-state index in [1.165, 1.54) is 6.20 Å². The van der Waals surface area contributed by atoms with Crippen LogP contribution < -0.4 is 10.6 Å². The van der Waals surface area contributed by atoms with E-state index < -0.39 is 5.44 Å². The first-order valence-electron chi connectivity index (χ1n) is 12.5. The van der Waals surface area contributed by atoms with Gasteiger partial charge in [-0.3, -0.25) is 4.98 Å². The molecule has 1 unspecified atom stereocenters. The molecule has 2 aromatic heterocycles. The first kappa shape index (κ1) is 26.8. The number of pyridine rings is 1. The largest absolute Gasteiger partial charge is 0.383 e. The van der Waals surface area contributed by atoms with Crippen molar-refractivity contribution in [3.8, 4) is 12.1 Å². The smallest absolute Gasteiger partial charge is 0.119 e. The van der Waals surface area contributed by atoms with Crippen LogP contribution in [-0.4, -0.2) is 34.4 Å². The van der Waals surface area contributed by atoms with Gasteiger partial charge in [0.2, 0.25) is 0 Å². The van der Waals surface area contributed by atoms with Gasteiger partial charge in [0.05, 0.1) is 50.1 Å². The molecule has 8 nitrogen and oxygen atoms in total.